The van der Waals surface area contributed by atoms with Crippen molar-refractivity contribution in [3.05, 3.63) is 35.7 Å². The van der Waals surface area contributed by atoms with Crippen LogP contribution in [0.15, 0.2) is 28.8 Å². The van der Waals surface area contributed by atoms with E-state index >= 15 is 0 Å². The topological polar surface area (TPSA) is 88.3 Å². The third kappa shape index (κ3) is 2.90. The van der Waals surface area contributed by atoms with Crippen LogP contribution in [0.3, 0.4) is 0 Å². The molecule has 0 radical (unpaired) electrons. The molecule has 130 valence electrons. The van der Waals surface area contributed by atoms with E-state index in [2.05, 4.69) is 15.5 Å². The van der Waals surface area contributed by atoms with Gasteiger partial charge in [-0.25, -0.2) is 0 Å². The van der Waals surface area contributed by atoms with Gasteiger partial charge in [-0.15, -0.1) is 0 Å². The van der Waals surface area contributed by atoms with Gasteiger partial charge < -0.3 is 14.7 Å². The first-order chi connectivity index (χ1) is 12.2. The van der Waals surface area contributed by atoms with E-state index in [1.807, 2.05) is 11.0 Å². The van der Waals surface area contributed by atoms with Gasteiger partial charge in [0.1, 0.15) is 0 Å². The maximum atomic E-state index is 12.2. The van der Waals surface area contributed by atoms with Crippen molar-refractivity contribution in [2.24, 2.45) is 5.92 Å². The molecule has 1 saturated heterocycles. The average Bonchev–Trinajstić information content (AvgIpc) is 3.01. The zero-order chi connectivity index (χ0) is 17.4. The Morgan fingerprint density at radius 2 is 2.08 bits per heavy atom. The fraction of sp³-hybridized carbons (Fsp3) is 0.444. The molecular formula is C18H20N4O3. The second-order valence-corrected chi connectivity index (χ2v) is 6.68. The molecule has 0 unspecified atom stereocenters. The van der Waals surface area contributed by atoms with Crippen molar-refractivity contribution < 1.29 is 14.1 Å². The van der Waals surface area contributed by atoms with E-state index in [0.29, 0.717) is 30.4 Å². The van der Waals surface area contributed by atoms with E-state index in [1.165, 1.54) is 0 Å². The van der Waals surface area contributed by atoms with E-state index in [0.717, 1.165) is 24.8 Å². The summed E-state index contributed by atoms with van der Waals surface area (Å²) >= 11 is 0. The molecule has 2 amide bonds. The number of aromatic nitrogens is 2. The molecule has 2 fully saturated rings. The molecule has 2 aromatic rings. The minimum atomic E-state index is -0.158. The molecule has 25 heavy (non-hydrogen) atoms. The van der Waals surface area contributed by atoms with Gasteiger partial charge in [-0.05, 0) is 25.0 Å². The van der Waals surface area contributed by atoms with Gasteiger partial charge in [-0.2, -0.15) is 4.98 Å². The SMILES string of the molecule is CNC(=O)c1cccc(-c2noc(C3CN(C(=O)C4CCC4)C3)n2)c1. The molecule has 1 aromatic carbocycles. The van der Waals surface area contributed by atoms with Gasteiger partial charge in [0.05, 0.1) is 5.92 Å². The lowest BCUT2D eigenvalue weighted by Crippen LogP contribution is -2.51. The van der Waals surface area contributed by atoms with Crippen molar-refractivity contribution in [2.75, 3.05) is 20.1 Å². The van der Waals surface area contributed by atoms with Crippen molar-refractivity contribution in [1.82, 2.24) is 20.4 Å². The highest BCUT2D eigenvalue weighted by Gasteiger charge is 2.39. The van der Waals surface area contributed by atoms with Crippen LogP contribution in [0, 0.1) is 5.92 Å². The fourth-order valence-electron chi connectivity index (χ4n) is 3.19. The van der Waals surface area contributed by atoms with Crippen LogP contribution in [0.2, 0.25) is 0 Å². The second kappa shape index (κ2) is 6.31. The van der Waals surface area contributed by atoms with Crippen molar-refractivity contribution in [3.8, 4) is 11.4 Å². The van der Waals surface area contributed by atoms with Crippen molar-refractivity contribution >= 4 is 11.8 Å². The van der Waals surface area contributed by atoms with Gasteiger partial charge in [0.15, 0.2) is 0 Å². The summed E-state index contributed by atoms with van der Waals surface area (Å²) in [6, 6.07) is 7.10. The van der Waals surface area contributed by atoms with Crippen molar-refractivity contribution in [3.63, 3.8) is 0 Å². The number of likely N-dealkylation sites (tertiary alicyclic amines) is 1. The van der Waals surface area contributed by atoms with Gasteiger partial charge >= 0.3 is 0 Å². The van der Waals surface area contributed by atoms with Gasteiger partial charge in [-0.1, -0.05) is 23.7 Å². The first kappa shape index (κ1) is 15.8. The van der Waals surface area contributed by atoms with E-state index in [4.69, 9.17) is 4.52 Å². The first-order valence-electron chi connectivity index (χ1n) is 8.60. The highest BCUT2D eigenvalue weighted by Crippen LogP contribution is 2.34. The van der Waals surface area contributed by atoms with Crippen LogP contribution in [-0.2, 0) is 4.79 Å². The molecule has 1 saturated carbocycles. The number of nitrogens with one attached hydrogen (secondary N) is 1. The maximum Gasteiger partial charge on any atom is 0.251 e. The Balaban J connectivity index is 1.43. The highest BCUT2D eigenvalue weighted by atomic mass is 16.5. The monoisotopic (exact) mass is 340 g/mol. The number of benzene rings is 1. The van der Waals surface area contributed by atoms with E-state index in [1.54, 1.807) is 25.2 Å². The predicted octanol–water partition coefficient (Wildman–Crippen LogP) is 1.82. The summed E-state index contributed by atoms with van der Waals surface area (Å²) in [7, 11) is 1.59. The number of hydrogen-bond donors (Lipinski definition) is 1. The fourth-order valence-corrected chi connectivity index (χ4v) is 3.19. The van der Waals surface area contributed by atoms with Crippen LogP contribution in [0.1, 0.15) is 41.4 Å². The zero-order valence-electron chi connectivity index (χ0n) is 14.1. The lowest BCUT2D eigenvalue weighted by molar-refractivity contribution is -0.143. The summed E-state index contributed by atoms with van der Waals surface area (Å²) < 4.78 is 5.38. The van der Waals surface area contributed by atoms with Crippen LogP contribution < -0.4 is 5.32 Å². The van der Waals surface area contributed by atoms with Crippen LogP contribution in [-0.4, -0.2) is 47.0 Å². The molecule has 1 aliphatic carbocycles. The number of hydrogen-bond acceptors (Lipinski definition) is 5. The molecule has 1 N–H and O–H groups in total. The quantitative estimate of drug-likeness (QED) is 0.917. The average molecular weight is 340 g/mol. The standard InChI is InChI=1S/C18H20N4O3/c1-19-16(23)13-7-3-6-12(8-13)15-20-17(25-21-15)14-9-22(10-14)18(24)11-4-2-5-11/h3,6-8,11,14H,2,4-5,9-10H2,1H3,(H,19,23). The normalized spacial score (nSPS) is 17.7. The molecule has 4 rings (SSSR count). The Morgan fingerprint density at radius 3 is 2.76 bits per heavy atom. The summed E-state index contributed by atoms with van der Waals surface area (Å²) in [5.74, 6) is 1.46. The smallest absolute Gasteiger partial charge is 0.251 e. The van der Waals surface area contributed by atoms with E-state index < -0.39 is 0 Å². The largest absolute Gasteiger partial charge is 0.355 e. The molecule has 1 aromatic heterocycles. The summed E-state index contributed by atoms with van der Waals surface area (Å²) in [6.07, 6.45) is 3.20. The van der Waals surface area contributed by atoms with E-state index in [9.17, 15) is 9.59 Å². The lowest BCUT2D eigenvalue weighted by Gasteiger charge is -2.41. The van der Waals surface area contributed by atoms with Crippen molar-refractivity contribution in [1.29, 1.82) is 0 Å². The molecule has 0 bridgehead atoms. The molecule has 2 aliphatic rings. The minimum absolute atomic E-state index is 0.104. The number of carbonyl (C=O) groups is 2. The lowest BCUT2D eigenvalue weighted by atomic mass is 9.83. The number of nitrogens with zero attached hydrogens (tertiary/aromatic N) is 3. The number of amides is 2. The van der Waals surface area contributed by atoms with Gasteiger partial charge in [-0.3, -0.25) is 9.59 Å². The molecule has 1 aliphatic heterocycles. The first-order valence-corrected chi connectivity index (χ1v) is 8.60. The van der Waals surface area contributed by atoms with Gasteiger partial charge in [0, 0.05) is 37.2 Å². The van der Waals surface area contributed by atoms with Crippen LogP contribution >= 0.6 is 0 Å². The van der Waals surface area contributed by atoms with Gasteiger partial charge in [0.25, 0.3) is 5.91 Å². The number of carbonyl (C=O) groups excluding carboxylic acids is 2. The summed E-state index contributed by atoms with van der Waals surface area (Å²) in [5, 5.41) is 6.62. The molecule has 7 nitrogen and oxygen atoms in total. The van der Waals surface area contributed by atoms with Gasteiger partial charge in [0.2, 0.25) is 17.6 Å². The van der Waals surface area contributed by atoms with Crippen LogP contribution in [0.5, 0.6) is 0 Å². The zero-order valence-corrected chi connectivity index (χ0v) is 14.1. The van der Waals surface area contributed by atoms with Crippen LogP contribution in [0.25, 0.3) is 11.4 Å². The Morgan fingerprint density at radius 1 is 1.28 bits per heavy atom. The predicted molar refractivity (Wildman–Crippen MR) is 89.8 cm³/mol. The van der Waals surface area contributed by atoms with E-state index in [-0.39, 0.29) is 23.7 Å². The maximum absolute atomic E-state index is 12.2. The van der Waals surface area contributed by atoms with Crippen molar-refractivity contribution in [2.45, 2.75) is 25.2 Å². The molecule has 7 heteroatoms. The third-order valence-corrected chi connectivity index (χ3v) is 5.05. The third-order valence-electron chi connectivity index (χ3n) is 5.05. The molecule has 2 heterocycles. The second-order valence-electron chi connectivity index (χ2n) is 6.68. The summed E-state index contributed by atoms with van der Waals surface area (Å²) in [5.41, 5.74) is 1.28. The molecular weight excluding hydrogens is 320 g/mol. The Hall–Kier alpha value is -2.70. The summed E-state index contributed by atoms with van der Waals surface area (Å²) in [4.78, 5) is 30.2. The number of rotatable bonds is 4. The molecule has 0 spiro atoms. The summed E-state index contributed by atoms with van der Waals surface area (Å²) in [6.45, 7) is 1.30. The Labute approximate surface area is 145 Å². The minimum Gasteiger partial charge on any atom is -0.355 e. The highest BCUT2D eigenvalue weighted by molar-refractivity contribution is 5.95. The Bertz CT molecular complexity index is 806. The molecule has 0 atom stereocenters. The van der Waals surface area contributed by atoms with Crippen LogP contribution in [0.4, 0.5) is 0 Å². The Kier molecular flexibility index (Phi) is 3.99.